The van der Waals surface area contributed by atoms with Gasteiger partial charge in [0.25, 0.3) is 5.69 Å². The molecule has 0 spiro atoms. The van der Waals surface area contributed by atoms with Gasteiger partial charge in [0.15, 0.2) is 0 Å². The van der Waals surface area contributed by atoms with Crippen molar-refractivity contribution < 1.29 is 19.2 Å². The Morgan fingerprint density at radius 1 is 1.06 bits per heavy atom. The van der Waals surface area contributed by atoms with E-state index in [9.17, 15) is 14.9 Å². The molecule has 1 saturated heterocycles. The molecule has 35 heavy (non-hydrogen) atoms. The van der Waals surface area contributed by atoms with Crippen molar-refractivity contribution in [2.75, 3.05) is 13.1 Å². The number of piperidine rings is 1. The van der Waals surface area contributed by atoms with Crippen molar-refractivity contribution >= 4 is 23.2 Å². The summed E-state index contributed by atoms with van der Waals surface area (Å²) in [6.45, 7) is 2.89. The molecule has 0 unspecified atom stereocenters. The Morgan fingerprint density at radius 3 is 2.46 bits per heavy atom. The van der Waals surface area contributed by atoms with Crippen LogP contribution in [0.2, 0.25) is 5.02 Å². The minimum atomic E-state index is -0.840. The number of nitro benzene ring substituents is 1. The molecule has 0 aromatic heterocycles. The predicted molar refractivity (Wildman–Crippen MR) is 133 cm³/mol. The fraction of sp³-hybridized carbons (Fsp3) is 0.296. The van der Waals surface area contributed by atoms with Gasteiger partial charge in [-0.3, -0.25) is 14.9 Å². The van der Waals surface area contributed by atoms with E-state index in [1.165, 1.54) is 19.1 Å². The van der Waals surface area contributed by atoms with Gasteiger partial charge in [-0.05, 0) is 28.8 Å². The van der Waals surface area contributed by atoms with E-state index in [1.807, 2.05) is 54.6 Å². The number of carbonyl (C=O) groups excluding carboxylic acids is 1. The van der Waals surface area contributed by atoms with Crippen LogP contribution in [0.5, 0.6) is 0 Å². The Hall–Kier alpha value is -3.26. The zero-order valence-electron chi connectivity index (χ0n) is 19.4. The van der Waals surface area contributed by atoms with Crippen molar-refractivity contribution in [1.29, 1.82) is 0 Å². The minimum Gasteiger partial charge on any atom is -0.368 e. The van der Waals surface area contributed by atoms with Crippen LogP contribution in [0.15, 0.2) is 78.9 Å². The Kier molecular flexibility index (Phi) is 7.80. The molecule has 0 saturated carbocycles. The third-order valence-corrected chi connectivity index (χ3v) is 6.60. The zero-order valence-corrected chi connectivity index (χ0v) is 20.2. The van der Waals surface area contributed by atoms with E-state index in [1.54, 1.807) is 17.0 Å². The summed E-state index contributed by atoms with van der Waals surface area (Å²) in [7, 11) is 0. The highest BCUT2D eigenvalue weighted by Gasteiger charge is 2.47. The lowest BCUT2D eigenvalue weighted by molar-refractivity contribution is -0.385. The normalized spacial score (nSPS) is 19.9. The lowest BCUT2D eigenvalue weighted by Gasteiger charge is -2.47. The maximum absolute atomic E-state index is 12.2. The highest BCUT2D eigenvalue weighted by molar-refractivity contribution is 6.30. The van der Waals surface area contributed by atoms with Gasteiger partial charge in [0, 0.05) is 37.0 Å². The van der Waals surface area contributed by atoms with E-state index >= 15 is 0 Å². The molecule has 0 bridgehead atoms. The number of carbonyl (C=O) groups is 1. The fourth-order valence-electron chi connectivity index (χ4n) is 4.43. The van der Waals surface area contributed by atoms with Crippen LogP contribution in [0.4, 0.5) is 5.69 Å². The molecule has 0 radical (unpaired) electrons. The molecule has 8 heteroatoms. The third kappa shape index (κ3) is 5.88. The molecule has 1 aliphatic heterocycles. The standard InChI is InChI=1S/C27H27ClN2O5/c1-20(31)29-15-14-27(23-10-12-24(28)13-11-23,35-19-21-6-3-2-4-7-21)26(17-29)34-18-22-8-5-9-25(16-22)30(32)33/h2-13,16,26H,14-15,17-19H2,1H3/t26-,27-/m0/s1. The minimum absolute atomic E-state index is 0.00407. The van der Waals surface area contributed by atoms with Gasteiger partial charge < -0.3 is 14.4 Å². The summed E-state index contributed by atoms with van der Waals surface area (Å²) in [5.74, 6) is -0.0401. The molecule has 4 rings (SSSR count). The number of hydrogen-bond donors (Lipinski definition) is 0. The topological polar surface area (TPSA) is 81.9 Å². The lowest BCUT2D eigenvalue weighted by Crippen LogP contribution is -2.56. The maximum atomic E-state index is 12.2. The number of amides is 1. The Bertz CT molecular complexity index is 1170. The van der Waals surface area contributed by atoms with Crippen LogP contribution in [0.1, 0.15) is 30.0 Å². The van der Waals surface area contributed by atoms with Crippen molar-refractivity contribution in [3.05, 3.63) is 111 Å². The number of rotatable bonds is 8. The smallest absolute Gasteiger partial charge is 0.269 e. The van der Waals surface area contributed by atoms with E-state index in [0.29, 0.717) is 36.7 Å². The first-order chi connectivity index (χ1) is 16.9. The summed E-state index contributed by atoms with van der Waals surface area (Å²) in [6.07, 6.45) is 0.0185. The number of ether oxygens (including phenoxy) is 2. The second kappa shape index (κ2) is 11.0. The number of non-ortho nitro benzene ring substituents is 1. The van der Waals surface area contributed by atoms with E-state index in [0.717, 1.165) is 11.1 Å². The maximum Gasteiger partial charge on any atom is 0.269 e. The molecule has 1 aliphatic rings. The first-order valence-electron chi connectivity index (χ1n) is 11.4. The van der Waals surface area contributed by atoms with E-state index in [2.05, 4.69) is 0 Å². The molecule has 0 N–H and O–H groups in total. The van der Waals surface area contributed by atoms with Gasteiger partial charge in [0.2, 0.25) is 5.91 Å². The molecule has 182 valence electrons. The molecular weight excluding hydrogens is 468 g/mol. The van der Waals surface area contributed by atoms with Gasteiger partial charge in [-0.2, -0.15) is 0 Å². The van der Waals surface area contributed by atoms with E-state index < -0.39 is 16.6 Å². The summed E-state index contributed by atoms with van der Waals surface area (Å²) >= 11 is 6.17. The number of nitro groups is 1. The second-order valence-electron chi connectivity index (χ2n) is 8.61. The molecule has 1 amide bonds. The monoisotopic (exact) mass is 494 g/mol. The SMILES string of the molecule is CC(=O)N1CC[C@](OCc2ccccc2)(c2ccc(Cl)cc2)[C@@H](OCc2cccc([N+](=O)[O-])c2)C1. The summed E-state index contributed by atoms with van der Waals surface area (Å²) in [5, 5.41) is 11.8. The Labute approximate surface area is 209 Å². The Morgan fingerprint density at radius 2 is 1.77 bits per heavy atom. The van der Waals surface area contributed by atoms with Crippen LogP contribution < -0.4 is 0 Å². The van der Waals surface area contributed by atoms with Gasteiger partial charge in [0.05, 0.1) is 24.7 Å². The lowest BCUT2D eigenvalue weighted by atomic mass is 9.81. The van der Waals surface area contributed by atoms with Crippen molar-refractivity contribution in [3.8, 4) is 0 Å². The average molecular weight is 495 g/mol. The molecular formula is C27H27ClN2O5. The molecule has 3 aromatic carbocycles. The van der Waals surface area contributed by atoms with Crippen LogP contribution in [0.25, 0.3) is 0 Å². The van der Waals surface area contributed by atoms with Crippen LogP contribution in [0, 0.1) is 10.1 Å². The molecule has 7 nitrogen and oxygen atoms in total. The predicted octanol–water partition coefficient (Wildman–Crippen LogP) is 5.50. The van der Waals surface area contributed by atoms with Crippen LogP contribution in [0.3, 0.4) is 0 Å². The van der Waals surface area contributed by atoms with E-state index in [-0.39, 0.29) is 18.2 Å². The Balaban J connectivity index is 1.67. The second-order valence-corrected chi connectivity index (χ2v) is 9.05. The largest absolute Gasteiger partial charge is 0.368 e. The molecule has 1 heterocycles. The summed E-state index contributed by atoms with van der Waals surface area (Å²) in [6, 6.07) is 23.7. The summed E-state index contributed by atoms with van der Waals surface area (Å²) in [5.41, 5.74) is 1.77. The van der Waals surface area contributed by atoms with Crippen molar-refractivity contribution in [3.63, 3.8) is 0 Å². The van der Waals surface area contributed by atoms with Gasteiger partial charge in [-0.15, -0.1) is 0 Å². The quantitative estimate of drug-likeness (QED) is 0.305. The number of halogens is 1. The zero-order chi connectivity index (χ0) is 24.8. The van der Waals surface area contributed by atoms with Crippen LogP contribution in [-0.2, 0) is 33.1 Å². The first-order valence-corrected chi connectivity index (χ1v) is 11.8. The molecule has 1 fully saturated rings. The number of nitrogens with zero attached hydrogens (tertiary/aromatic N) is 2. The highest BCUT2D eigenvalue weighted by Crippen LogP contribution is 2.40. The van der Waals surface area contributed by atoms with Gasteiger partial charge in [-0.1, -0.05) is 66.2 Å². The summed E-state index contributed by atoms with van der Waals surface area (Å²) < 4.78 is 13.1. The summed E-state index contributed by atoms with van der Waals surface area (Å²) in [4.78, 5) is 24.8. The fourth-order valence-corrected chi connectivity index (χ4v) is 4.55. The third-order valence-electron chi connectivity index (χ3n) is 6.35. The average Bonchev–Trinajstić information content (AvgIpc) is 2.87. The molecule has 3 aromatic rings. The highest BCUT2D eigenvalue weighted by atomic mass is 35.5. The van der Waals surface area contributed by atoms with Gasteiger partial charge >= 0.3 is 0 Å². The van der Waals surface area contributed by atoms with Crippen molar-refractivity contribution in [2.24, 2.45) is 0 Å². The number of hydrogen-bond acceptors (Lipinski definition) is 5. The number of benzene rings is 3. The van der Waals surface area contributed by atoms with Gasteiger partial charge in [-0.25, -0.2) is 0 Å². The van der Waals surface area contributed by atoms with E-state index in [4.69, 9.17) is 21.1 Å². The molecule has 0 aliphatic carbocycles. The molecule has 2 atom stereocenters. The van der Waals surface area contributed by atoms with Crippen molar-refractivity contribution in [1.82, 2.24) is 4.90 Å². The first kappa shape index (κ1) is 24.9. The van der Waals surface area contributed by atoms with Gasteiger partial charge in [0.1, 0.15) is 11.7 Å². The van der Waals surface area contributed by atoms with Crippen LogP contribution in [-0.4, -0.2) is 34.9 Å². The number of likely N-dealkylation sites (tertiary alicyclic amines) is 1. The van der Waals surface area contributed by atoms with Crippen LogP contribution >= 0.6 is 11.6 Å². The van der Waals surface area contributed by atoms with Crippen molar-refractivity contribution in [2.45, 2.75) is 38.3 Å².